The molecule has 2 amide bonds. The third-order valence-corrected chi connectivity index (χ3v) is 7.61. The van der Waals surface area contributed by atoms with Gasteiger partial charge >= 0.3 is 6.03 Å². The van der Waals surface area contributed by atoms with Crippen LogP contribution in [0, 0.1) is 18.7 Å². The maximum absolute atomic E-state index is 14.4. The van der Waals surface area contributed by atoms with Crippen LogP contribution in [0.4, 0.5) is 15.0 Å². The summed E-state index contributed by atoms with van der Waals surface area (Å²) >= 11 is 6.02. The molecular formula is C24H29ClFN5O2. The van der Waals surface area contributed by atoms with E-state index < -0.39 is 5.82 Å². The zero-order valence-electron chi connectivity index (χ0n) is 18.7. The molecule has 2 aromatic rings. The molecule has 1 aromatic carbocycles. The van der Waals surface area contributed by atoms with Crippen molar-refractivity contribution in [3.05, 3.63) is 56.6 Å². The molecule has 0 spiro atoms. The molecule has 7 nitrogen and oxygen atoms in total. The van der Waals surface area contributed by atoms with Crippen molar-refractivity contribution in [2.45, 2.75) is 63.6 Å². The fourth-order valence-electron chi connectivity index (χ4n) is 5.32. The zero-order chi connectivity index (χ0) is 23.2. The number of H-pyrrole nitrogens is 1. The van der Waals surface area contributed by atoms with Gasteiger partial charge in [0.1, 0.15) is 11.6 Å². The number of halogens is 2. The lowest BCUT2D eigenvalue weighted by Crippen LogP contribution is -2.64. The predicted molar refractivity (Wildman–Crippen MR) is 125 cm³/mol. The smallest absolute Gasteiger partial charge is 0.318 e. The summed E-state index contributed by atoms with van der Waals surface area (Å²) in [6.45, 7) is 3.42. The third kappa shape index (κ3) is 4.45. The molecule has 0 unspecified atom stereocenters. The van der Waals surface area contributed by atoms with Gasteiger partial charge in [-0.25, -0.2) is 9.18 Å². The summed E-state index contributed by atoms with van der Waals surface area (Å²) < 4.78 is 14.4. The molecule has 2 heterocycles. The summed E-state index contributed by atoms with van der Waals surface area (Å²) in [6, 6.07) is 4.63. The van der Waals surface area contributed by atoms with E-state index in [9.17, 15) is 14.0 Å². The zero-order valence-corrected chi connectivity index (χ0v) is 19.5. The molecule has 1 saturated heterocycles. The van der Waals surface area contributed by atoms with Gasteiger partial charge in [-0.1, -0.05) is 11.6 Å². The van der Waals surface area contributed by atoms with Gasteiger partial charge in [0, 0.05) is 42.3 Å². The van der Waals surface area contributed by atoms with Crippen LogP contribution in [0.3, 0.4) is 0 Å². The van der Waals surface area contributed by atoms with Gasteiger partial charge in [-0.3, -0.25) is 9.89 Å². The third-order valence-electron chi connectivity index (χ3n) is 7.20. The lowest BCUT2D eigenvalue weighted by molar-refractivity contribution is 0.0712. The van der Waals surface area contributed by atoms with Gasteiger partial charge < -0.3 is 15.1 Å². The fraction of sp³-hybridized carbons (Fsp3) is 0.542. The minimum Gasteiger partial charge on any atom is -0.355 e. The quantitative estimate of drug-likeness (QED) is 0.664. The highest BCUT2D eigenvalue weighted by atomic mass is 35.5. The molecule has 1 atom stereocenters. The van der Waals surface area contributed by atoms with Crippen molar-refractivity contribution in [2.24, 2.45) is 5.92 Å². The summed E-state index contributed by atoms with van der Waals surface area (Å²) in [5, 5.41) is 10.3. The number of aryl methyl sites for hydroxylation is 1. The van der Waals surface area contributed by atoms with Gasteiger partial charge in [0.25, 0.3) is 0 Å². The van der Waals surface area contributed by atoms with Crippen molar-refractivity contribution < 1.29 is 9.18 Å². The SMILES string of the molecule is Cc1cc(CNC(=O)N(C2CC2)[C@]2(C3CC3)CCCN(c3cc(=O)cn[nH]3)C2)c(F)cc1Cl. The van der Waals surface area contributed by atoms with Gasteiger partial charge in [0.15, 0.2) is 0 Å². The van der Waals surface area contributed by atoms with Crippen molar-refractivity contribution in [1.29, 1.82) is 0 Å². The van der Waals surface area contributed by atoms with Crippen LogP contribution < -0.4 is 15.6 Å². The minimum absolute atomic E-state index is 0.117. The topological polar surface area (TPSA) is 81.3 Å². The molecule has 1 aliphatic heterocycles. The molecule has 5 rings (SSSR count). The average molecular weight is 474 g/mol. The molecule has 1 aromatic heterocycles. The molecule has 33 heavy (non-hydrogen) atoms. The lowest BCUT2D eigenvalue weighted by Gasteiger charge is -2.50. The predicted octanol–water partition coefficient (Wildman–Crippen LogP) is 3.99. The second-order valence-electron chi connectivity index (χ2n) is 9.66. The van der Waals surface area contributed by atoms with Crippen molar-refractivity contribution in [3.63, 3.8) is 0 Å². The number of aromatic nitrogens is 2. The Morgan fingerprint density at radius 1 is 1.33 bits per heavy atom. The number of amides is 2. The summed E-state index contributed by atoms with van der Waals surface area (Å²) in [5.41, 5.74) is 0.775. The Morgan fingerprint density at radius 3 is 2.82 bits per heavy atom. The van der Waals surface area contributed by atoms with Crippen molar-refractivity contribution in [3.8, 4) is 0 Å². The molecule has 0 radical (unpaired) electrons. The van der Waals surface area contributed by atoms with E-state index in [1.807, 2.05) is 6.92 Å². The molecule has 2 aliphatic carbocycles. The molecule has 9 heteroatoms. The van der Waals surface area contributed by atoms with E-state index in [0.717, 1.165) is 50.6 Å². The highest BCUT2D eigenvalue weighted by molar-refractivity contribution is 6.31. The maximum atomic E-state index is 14.4. The van der Waals surface area contributed by atoms with Gasteiger partial charge in [-0.05, 0) is 69.1 Å². The molecule has 2 N–H and O–H groups in total. The number of nitrogens with zero attached hydrogens (tertiary/aromatic N) is 3. The molecule has 3 aliphatic rings. The Kier molecular flexibility index (Phi) is 5.80. The van der Waals surface area contributed by atoms with Crippen molar-refractivity contribution in [1.82, 2.24) is 20.4 Å². The van der Waals surface area contributed by atoms with E-state index in [0.29, 0.717) is 28.9 Å². The Morgan fingerprint density at radius 2 is 2.12 bits per heavy atom. The first-order valence-electron chi connectivity index (χ1n) is 11.7. The van der Waals surface area contributed by atoms with Crippen LogP contribution in [-0.2, 0) is 6.54 Å². The van der Waals surface area contributed by atoms with Crippen LogP contribution >= 0.6 is 11.6 Å². The number of benzene rings is 1. The standard InChI is InChI=1S/C24H29ClFN5O2/c1-15-9-16(21(26)11-20(15)25)12-27-23(33)31(18-5-6-18)24(17-3-4-17)7-2-8-30(14-24)22-10-19(32)13-28-29-22/h9-11,13,17-18H,2-8,12,14H2,1H3,(H,27,33)(H,29,32)/t24-/m1/s1. The number of hydrogen-bond acceptors (Lipinski definition) is 4. The molecule has 0 bridgehead atoms. The molecule has 3 fully saturated rings. The van der Waals surface area contributed by atoms with E-state index in [1.165, 1.54) is 12.3 Å². The van der Waals surface area contributed by atoms with Crippen molar-refractivity contribution >= 4 is 23.4 Å². The number of carbonyl (C=O) groups is 1. The van der Waals surface area contributed by atoms with Gasteiger partial charge in [-0.2, -0.15) is 5.10 Å². The Balaban J connectivity index is 1.39. The number of urea groups is 1. The average Bonchev–Trinajstić information content (AvgIpc) is 3.69. The number of nitrogens with one attached hydrogen (secondary N) is 2. The van der Waals surface area contributed by atoms with E-state index in [4.69, 9.17) is 11.6 Å². The number of rotatable bonds is 6. The first-order chi connectivity index (χ1) is 15.9. The van der Waals surface area contributed by atoms with E-state index in [1.54, 1.807) is 12.1 Å². The van der Waals surface area contributed by atoms with Crippen LogP contribution in [0.5, 0.6) is 0 Å². The summed E-state index contributed by atoms with van der Waals surface area (Å²) in [4.78, 5) is 29.7. The largest absolute Gasteiger partial charge is 0.355 e. The number of piperidine rings is 1. The van der Waals surface area contributed by atoms with Gasteiger partial charge in [0.2, 0.25) is 5.43 Å². The summed E-state index contributed by atoms with van der Waals surface area (Å²) in [6.07, 6.45) is 7.28. The highest BCUT2D eigenvalue weighted by Crippen LogP contribution is 2.51. The van der Waals surface area contributed by atoms with Gasteiger partial charge in [-0.15, -0.1) is 0 Å². The number of aromatic amines is 1. The summed E-state index contributed by atoms with van der Waals surface area (Å²) in [7, 11) is 0. The Hall–Kier alpha value is -2.61. The van der Waals surface area contributed by atoms with E-state index in [-0.39, 0.29) is 29.6 Å². The Bertz CT molecular complexity index is 1120. The number of carbonyl (C=O) groups excluding carboxylic acids is 1. The van der Waals surface area contributed by atoms with E-state index >= 15 is 0 Å². The van der Waals surface area contributed by atoms with Crippen LogP contribution in [0.15, 0.2) is 29.2 Å². The molecule has 176 valence electrons. The summed E-state index contributed by atoms with van der Waals surface area (Å²) in [5.74, 6) is 0.719. The van der Waals surface area contributed by atoms with Crippen LogP contribution in [0.2, 0.25) is 5.02 Å². The van der Waals surface area contributed by atoms with Crippen LogP contribution in [0.1, 0.15) is 49.7 Å². The highest BCUT2D eigenvalue weighted by Gasteiger charge is 2.56. The second kappa shape index (κ2) is 8.63. The maximum Gasteiger partial charge on any atom is 0.318 e. The lowest BCUT2D eigenvalue weighted by atomic mass is 9.82. The first-order valence-corrected chi connectivity index (χ1v) is 12.1. The monoisotopic (exact) mass is 473 g/mol. The first kappa shape index (κ1) is 22.2. The normalized spacial score (nSPS) is 22.8. The van der Waals surface area contributed by atoms with Crippen LogP contribution in [-0.4, -0.2) is 45.8 Å². The fourth-order valence-corrected chi connectivity index (χ4v) is 5.47. The number of anilines is 1. The van der Waals surface area contributed by atoms with Crippen LogP contribution in [0.25, 0.3) is 0 Å². The van der Waals surface area contributed by atoms with Crippen molar-refractivity contribution in [2.75, 3.05) is 18.0 Å². The molecule has 2 saturated carbocycles. The van der Waals surface area contributed by atoms with Gasteiger partial charge in [0.05, 0.1) is 11.7 Å². The Labute approximate surface area is 197 Å². The van der Waals surface area contributed by atoms with E-state index in [2.05, 4.69) is 25.3 Å². The number of hydrogen-bond donors (Lipinski definition) is 2. The minimum atomic E-state index is -0.412. The second-order valence-corrected chi connectivity index (χ2v) is 10.1. The molecular weight excluding hydrogens is 445 g/mol.